The molecule has 2 heterocycles. The number of aromatic nitrogens is 1. The SMILES string of the molecule is CC1CC(C)CN(Cc2cc(CNC3CC3)no2)C1. The van der Waals surface area contributed by atoms with Crippen LogP contribution in [0.15, 0.2) is 10.6 Å². The minimum Gasteiger partial charge on any atom is -0.360 e. The van der Waals surface area contributed by atoms with Crippen molar-refractivity contribution in [3.63, 3.8) is 0 Å². The second-order valence-corrected chi connectivity index (χ2v) is 6.58. The Hall–Kier alpha value is -0.870. The van der Waals surface area contributed by atoms with Gasteiger partial charge in [0, 0.05) is 31.7 Å². The highest BCUT2D eigenvalue weighted by atomic mass is 16.5. The lowest BCUT2D eigenvalue weighted by Crippen LogP contribution is -2.37. The first-order valence-electron chi connectivity index (χ1n) is 7.59. The molecule has 1 saturated heterocycles. The monoisotopic (exact) mass is 263 g/mol. The molecule has 0 bridgehead atoms. The second kappa shape index (κ2) is 5.63. The van der Waals surface area contributed by atoms with Gasteiger partial charge in [0.15, 0.2) is 5.76 Å². The molecule has 1 aromatic rings. The summed E-state index contributed by atoms with van der Waals surface area (Å²) in [4.78, 5) is 2.50. The first kappa shape index (κ1) is 13.1. The van der Waals surface area contributed by atoms with Crippen molar-refractivity contribution >= 4 is 0 Å². The fourth-order valence-electron chi connectivity index (χ4n) is 3.19. The minimum atomic E-state index is 0.726. The maximum atomic E-state index is 5.46. The number of nitrogens with zero attached hydrogens (tertiary/aromatic N) is 2. The van der Waals surface area contributed by atoms with Crippen molar-refractivity contribution in [2.45, 2.75) is 52.2 Å². The minimum absolute atomic E-state index is 0.726. The maximum Gasteiger partial charge on any atom is 0.151 e. The number of rotatable bonds is 5. The van der Waals surface area contributed by atoms with Gasteiger partial charge in [0.2, 0.25) is 0 Å². The highest BCUT2D eigenvalue weighted by Crippen LogP contribution is 2.23. The van der Waals surface area contributed by atoms with Gasteiger partial charge in [-0.05, 0) is 31.1 Å². The lowest BCUT2D eigenvalue weighted by atomic mass is 9.92. The van der Waals surface area contributed by atoms with E-state index < -0.39 is 0 Å². The van der Waals surface area contributed by atoms with Crippen molar-refractivity contribution in [3.05, 3.63) is 17.5 Å². The molecule has 2 aliphatic rings. The topological polar surface area (TPSA) is 41.3 Å². The van der Waals surface area contributed by atoms with E-state index in [1.165, 1.54) is 32.4 Å². The van der Waals surface area contributed by atoms with Crippen molar-refractivity contribution in [3.8, 4) is 0 Å². The van der Waals surface area contributed by atoms with Gasteiger partial charge in [-0.15, -0.1) is 0 Å². The Labute approximate surface area is 115 Å². The number of likely N-dealkylation sites (tertiary alicyclic amines) is 1. The van der Waals surface area contributed by atoms with Crippen LogP contribution in [-0.2, 0) is 13.1 Å². The summed E-state index contributed by atoms with van der Waals surface area (Å²) < 4.78 is 5.46. The molecule has 4 nitrogen and oxygen atoms in total. The molecular formula is C15H25N3O. The third-order valence-corrected chi connectivity index (χ3v) is 4.08. The van der Waals surface area contributed by atoms with Crippen LogP contribution in [0.25, 0.3) is 0 Å². The van der Waals surface area contributed by atoms with E-state index in [2.05, 4.69) is 35.3 Å². The predicted octanol–water partition coefficient (Wildman–Crippen LogP) is 2.40. The first-order chi connectivity index (χ1) is 9.19. The highest BCUT2D eigenvalue weighted by molar-refractivity contribution is 5.06. The van der Waals surface area contributed by atoms with Crippen LogP contribution in [0.1, 0.15) is 44.6 Å². The fraction of sp³-hybridized carbons (Fsp3) is 0.800. The Balaban J connectivity index is 1.51. The van der Waals surface area contributed by atoms with Gasteiger partial charge in [-0.3, -0.25) is 4.90 Å². The Bertz CT molecular complexity index is 403. The van der Waals surface area contributed by atoms with E-state index in [9.17, 15) is 0 Å². The molecule has 2 atom stereocenters. The van der Waals surface area contributed by atoms with Gasteiger partial charge in [-0.2, -0.15) is 0 Å². The van der Waals surface area contributed by atoms with E-state index in [4.69, 9.17) is 4.52 Å². The molecule has 2 fully saturated rings. The van der Waals surface area contributed by atoms with Gasteiger partial charge >= 0.3 is 0 Å². The Kier molecular flexibility index (Phi) is 3.89. The second-order valence-electron chi connectivity index (χ2n) is 6.58. The fourth-order valence-corrected chi connectivity index (χ4v) is 3.19. The van der Waals surface area contributed by atoms with Crippen molar-refractivity contribution in [1.82, 2.24) is 15.4 Å². The molecule has 1 N–H and O–H groups in total. The highest BCUT2D eigenvalue weighted by Gasteiger charge is 2.23. The van der Waals surface area contributed by atoms with Crippen molar-refractivity contribution in [1.29, 1.82) is 0 Å². The smallest absolute Gasteiger partial charge is 0.151 e. The lowest BCUT2D eigenvalue weighted by Gasteiger charge is -2.34. The molecule has 1 aliphatic carbocycles. The van der Waals surface area contributed by atoms with Gasteiger partial charge in [-0.1, -0.05) is 19.0 Å². The predicted molar refractivity (Wildman–Crippen MR) is 74.6 cm³/mol. The van der Waals surface area contributed by atoms with Crippen LogP contribution < -0.4 is 5.32 Å². The number of hydrogen-bond acceptors (Lipinski definition) is 4. The zero-order valence-electron chi connectivity index (χ0n) is 12.1. The molecule has 0 spiro atoms. The van der Waals surface area contributed by atoms with Gasteiger partial charge in [0.25, 0.3) is 0 Å². The van der Waals surface area contributed by atoms with Gasteiger partial charge < -0.3 is 9.84 Å². The molecule has 19 heavy (non-hydrogen) atoms. The Morgan fingerprint density at radius 1 is 1.32 bits per heavy atom. The summed E-state index contributed by atoms with van der Waals surface area (Å²) >= 11 is 0. The molecule has 2 unspecified atom stereocenters. The average Bonchev–Trinajstić information content (AvgIpc) is 3.06. The van der Waals surface area contributed by atoms with Gasteiger partial charge in [-0.25, -0.2) is 0 Å². The molecule has 4 heteroatoms. The Morgan fingerprint density at radius 3 is 2.74 bits per heavy atom. The van der Waals surface area contributed by atoms with Crippen molar-refractivity contribution in [2.24, 2.45) is 11.8 Å². The maximum absolute atomic E-state index is 5.46. The van der Waals surface area contributed by atoms with E-state index in [1.807, 2.05) is 0 Å². The largest absolute Gasteiger partial charge is 0.360 e. The van der Waals surface area contributed by atoms with Crippen molar-refractivity contribution in [2.75, 3.05) is 13.1 Å². The van der Waals surface area contributed by atoms with Crippen LogP contribution in [0.2, 0.25) is 0 Å². The van der Waals surface area contributed by atoms with Crippen LogP contribution in [0.3, 0.4) is 0 Å². The molecule has 1 aromatic heterocycles. The molecule has 0 aromatic carbocycles. The molecule has 0 radical (unpaired) electrons. The molecule has 3 rings (SSSR count). The summed E-state index contributed by atoms with van der Waals surface area (Å²) in [5.41, 5.74) is 1.04. The van der Waals surface area contributed by atoms with Gasteiger partial charge in [0.05, 0.1) is 12.2 Å². The third kappa shape index (κ3) is 3.80. The van der Waals surface area contributed by atoms with E-state index in [-0.39, 0.29) is 0 Å². The molecule has 106 valence electrons. The van der Waals surface area contributed by atoms with Crippen LogP contribution in [-0.4, -0.2) is 29.2 Å². The molecule has 1 saturated carbocycles. The van der Waals surface area contributed by atoms with Crippen LogP contribution in [0, 0.1) is 11.8 Å². The summed E-state index contributed by atoms with van der Waals surface area (Å²) in [5, 5.41) is 7.62. The van der Waals surface area contributed by atoms with Crippen LogP contribution in [0.4, 0.5) is 0 Å². The molecule has 0 amide bonds. The quantitative estimate of drug-likeness (QED) is 0.885. The van der Waals surface area contributed by atoms with E-state index >= 15 is 0 Å². The summed E-state index contributed by atoms with van der Waals surface area (Å²) in [5.74, 6) is 2.60. The summed E-state index contributed by atoms with van der Waals surface area (Å²) in [6.45, 7) is 8.80. The van der Waals surface area contributed by atoms with Gasteiger partial charge in [0.1, 0.15) is 0 Å². The van der Waals surface area contributed by atoms with Crippen molar-refractivity contribution < 1.29 is 4.52 Å². The zero-order valence-corrected chi connectivity index (χ0v) is 12.1. The number of piperidine rings is 1. The van der Waals surface area contributed by atoms with E-state index in [1.54, 1.807) is 0 Å². The summed E-state index contributed by atoms with van der Waals surface area (Å²) in [7, 11) is 0. The number of hydrogen-bond donors (Lipinski definition) is 1. The van der Waals surface area contributed by atoms with E-state index in [0.29, 0.717) is 0 Å². The van der Waals surface area contributed by atoms with Crippen LogP contribution in [0.5, 0.6) is 0 Å². The Morgan fingerprint density at radius 2 is 2.05 bits per heavy atom. The molecule has 1 aliphatic heterocycles. The average molecular weight is 263 g/mol. The zero-order chi connectivity index (χ0) is 13.2. The summed E-state index contributed by atoms with van der Waals surface area (Å²) in [6, 6.07) is 2.84. The molecular weight excluding hydrogens is 238 g/mol. The summed E-state index contributed by atoms with van der Waals surface area (Å²) in [6.07, 6.45) is 3.98. The lowest BCUT2D eigenvalue weighted by molar-refractivity contribution is 0.123. The first-order valence-corrected chi connectivity index (χ1v) is 7.59. The normalized spacial score (nSPS) is 28.7. The number of nitrogens with one attached hydrogen (secondary N) is 1. The van der Waals surface area contributed by atoms with Crippen LogP contribution >= 0.6 is 0 Å². The third-order valence-electron chi connectivity index (χ3n) is 4.08. The van der Waals surface area contributed by atoms with E-state index in [0.717, 1.165) is 42.4 Å². The standard InChI is InChI=1S/C15H25N3O/c1-11-5-12(2)9-18(8-11)10-15-6-14(17-19-15)7-16-13-3-4-13/h6,11-13,16H,3-5,7-10H2,1-2H3.